The van der Waals surface area contributed by atoms with Crippen molar-refractivity contribution in [3.63, 3.8) is 0 Å². The van der Waals surface area contributed by atoms with E-state index in [1.165, 1.54) is 29.2 Å². The summed E-state index contributed by atoms with van der Waals surface area (Å²) >= 11 is 6.01. The number of amides is 2. The third-order valence-corrected chi connectivity index (χ3v) is 4.08. The highest BCUT2D eigenvalue weighted by Crippen LogP contribution is 2.22. The maximum atomic E-state index is 12.9. The minimum absolute atomic E-state index is 0.125. The lowest BCUT2D eigenvalue weighted by molar-refractivity contribution is -0.130. The van der Waals surface area contributed by atoms with Crippen LogP contribution >= 0.6 is 11.6 Å². The average molecular weight is 333 g/mol. The van der Waals surface area contributed by atoms with E-state index in [9.17, 15) is 14.0 Å². The Balaban J connectivity index is 1.56. The third kappa shape index (κ3) is 3.35. The van der Waals surface area contributed by atoms with Crippen LogP contribution in [-0.4, -0.2) is 24.4 Å². The van der Waals surface area contributed by atoms with Gasteiger partial charge in [-0.15, -0.1) is 0 Å². The molecule has 1 aliphatic rings. The van der Waals surface area contributed by atoms with Gasteiger partial charge >= 0.3 is 0 Å². The SMILES string of the molecule is O=C(Cc1ccccc1Cl)NC1CN(c2ccc(F)cc2)C1=O. The Bertz CT molecular complexity index is 749. The molecule has 2 aromatic rings. The van der Waals surface area contributed by atoms with E-state index in [1.807, 2.05) is 0 Å². The zero-order valence-corrected chi connectivity index (χ0v) is 12.9. The van der Waals surface area contributed by atoms with Crippen LogP contribution in [0.3, 0.4) is 0 Å². The third-order valence-electron chi connectivity index (χ3n) is 3.71. The fourth-order valence-corrected chi connectivity index (χ4v) is 2.65. The van der Waals surface area contributed by atoms with Gasteiger partial charge < -0.3 is 10.2 Å². The average Bonchev–Trinajstić information content (AvgIpc) is 2.54. The van der Waals surface area contributed by atoms with Crippen molar-refractivity contribution < 1.29 is 14.0 Å². The van der Waals surface area contributed by atoms with Crippen LogP contribution < -0.4 is 10.2 Å². The molecular weight excluding hydrogens is 319 g/mol. The first-order chi connectivity index (χ1) is 11.0. The number of nitrogens with zero attached hydrogens (tertiary/aromatic N) is 1. The van der Waals surface area contributed by atoms with E-state index in [2.05, 4.69) is 5.32 Å². The summed E-state index contributed by atoms with van der Waals surface area (Å²) in [5.41, 5.74) is 1.34. The molecule has 23 heavy (non-hydrogen) atoms. The fraction of sp³-hybridized carbons (Fsp3) is 0.176. The van der Waals surface area contributed by atoms with Crippen LogP contribution in [-0.2, 0) is 16.0 Å². The summed E-state index contributed by atoms with van der Waals surface area (Å²) < 4.78 is 12.9. The largest absolute Gasteiger partial charge is 0.342 e. The van der Waals surface area contributed by atoms with E-state index >= 15 is 0 Å². The zero-order chi connectivity index (χ0) is 16.4. The Hall–Kier alpha value is -2.40. The molecule has 1 N–H and O–H groups in total. The van der Waals surface area contributed by atoms with Crippen LogP contribution in [0.25, 0.3) is 0 Å². The highest BCUT2D eigenvalue weighted by molar-refractivity contribution is 6.31. The molecule has 4 nitrogen and oxygen atoms in total. The topological polar surface area (TPSA) is 49.4 Å². The molecule has 6 heteroatoms. The number of halogens is 2. The highest BCUT2D eigenvalue weighted by Gasteiger charge is 2.38. The van der Waals surface area contributed by atoms with Gasteiger partial charge in [0, 0.05) is 10.7 Å². The number of hydrogen-bond donors (Lipinski definition) is 1. The predicted octanol–water partition coefficient (Wildman–Crippen LogP) is 2.55. The van der Waals surface area contributed by atoms with Gasteiger partial charge in [0.2, 0.25) is 5.91 Å². The van der Waals surface area contributed by atoms with Gasteiger partial charge in [-0.1, -0.05) is 29.8 Å². The van der Waals surface area contributed by atoms with Gasteiger partial charge in [-0.25, -0.2) is 4.39 Å². The minimum atomic E-state index is -0.546. The van der Waals surface area contributed by atoms with E-state index in [1.54, 1.807) is 24.3 Å². The van der Waals surface area contributed by atoms with Crippen molar-refractivity contribution in [2.75, 3.05) is 11.4 Å². The van der Waals surface area contributed by atoms with E-state index in [0.717, 1.165) is 0 Å². The molecule has 3 rings (SSSR count). The van der Waals surface area contributed by atoms with Crippen LogP contribution in [0.1, 0.15) is 5.56 Å². The van der Waals surface area contributed by atoms with Crippen molar-refractivity contribution in [3.8, 4) is 0 Å². The van der Waals surface area contributed by atoms with Crippen LogP contribution in [0.5, 0.6) is 0 Å². The van der Waals surface area contributed by atoms with Gasteiger partial charge in [0.25, 0.3) is 5.91 Å². The summed E-state index contributed by atoms with van der Waals surface area (Å²) in [6.07, 6.45) is 0.125. The molecule has 0 bridgehead atoms. The first-order valence-corrected chi connectivity index (χ1v) is 7.52. The van der Waals surface area contributed by atoms with Gasteiger partial charge in [-0.2, -0.15) is 0 Å². The molecule has 118 valence electrons. The van der Waals surface area contributed by atoms with E-state index in [4.69, 9.17) is 11.6 Å². The number of benzene rings is 2. The number of carbonyl (C=O) groups is 2. The molecule has 2 aromatic carbocycles. The van der Waals surface area contributed by atoms with Gasteiger partial charge in [-0.3, -0.25) is 9.59 Å². The lowest BCUT2D eigenvalue weighted by Gasteiger charge is -2.38. The number of hydrogen-bond acceptors (Lipinski definition) is 2. The van der Waals surface area contributed by atoms with Crippen molar-refractivity contribution in [2.24, 2.45) is 0 Å². The number of nitrogens with one attached hydrogen (secondary N) is 1. The van der Waals surface area contributed by atoms with Crippen molar-refractivity contribution in [3.05, 3.63) is 64.9 Å². The molecule has 1 unspecified atom stereocenters. The van der Waals surface area contributed by atoms with Crippen LogP contribution in [0.15, 0.2) is 48.5 Å². The number of anilines is 1. The Morgan fingerprint density at radius 3 is 2.57 bits per heavy atom. The monoisotopic (exact) mass is 332 g/mol. The predicted molar refractivity (Wildman–Crippen MR) is 85.8 cm³/mol. The van der Waals surface area contributed by atoms with Gasteiger partial charge in [-0.05, 0) is 35.9 Å². The summed E-state index contributed by atoms with van der Waals surface area (Å²) in [7, 11) is 0. The molecule has 0 radical (unpaired) electrons. The van der Waals surface area contributed by atoms with Gasteiger partial charge in [0.1, 0.15) is 11.9 Å². The van der Waals surface area contributed by atoms with Crippen molar-refractivity contribution >= 4 is 29.1 Å². The van der Waals surface area contributed by atoms with E-state index in [-0.39, 0.29) is 24.1 Å². The Morgan fingerprint density at radius 2 is 1.91 bits per heavy atom. The molecule has 1 atom stereocenters. The zero-order valence-electron chi connectivity index (χ0n) is 12.1. The van der Waals surface area contributed by atoms with Crippen molar-refractivity contribution in [2.45, 2.75) is 12.5 Å². The number of rotatable bonds is 4. The number of β-lactam (4-membered cyclic amide) rings is 1. The molecular formula is C17H14ClFN2O2. The lowest BCUT2D eigenvalue weighted by Crippen LogP contribution is -2.64. The summed E-state index contributed by atoms with van der Waals surface area (Å²) in [5, 5.41) is 3.21. The number of carbonyl (C=O) groups excluding carboxylic acids is 2. The molecule has 1 fully saturated rings. The minimum Gasteiger partial charge on any atom is -0.342 e. The Kier molecular flexibility index (Phi) is 4.30. The molecule has 2 amide bonds. The van der Waals surface area contributed by atoms with Gasteiger partial charge in [0.05, 0.1) is 13.0 Å². The fourth-order valence-electron chi connectivity index (χ4n) is 2.45. The molecule has 1 aliphatic heterocycles. The maximum Gasteiger partial charge on any atom is 0.251 e. The second-order valence-electron chi connectivity index (χ2n) is 5.31. The smallest absolute Gasteiger partial charge is 0.251 e. The van der Waals surface area contributed by atoms with Gasteiger partial charge in [0.15, 0.2) is 0 Å². The molecule has 1 saturated heterocycles. The van der Waals surface area contributed by atoms with Crippen LogP contribution in [0.4, 0.5) is 10.1 Å². The standard InChI is InChI=1S/C17H14ClFN2O2/c18-14-4-2-1-3-11(14)9-16(22)20-15-10-21(17(15)23)13-7-5-12(19)6-8-13/h1-8,15H,9-10H2,(H,20,22). The molecule has 0 aliphatic carbocycles. The maximum absolute atomic E-state index is 12.9. The van der Waals surface area contributed by atoms with Crippen LogP contribution in [0, 0.1) is 5.82 Å². The first-order valence-electron chi connectivity index (χ1n) is 7.14. The summed E-state index contributed by atoms with van der Waals surface area (Å²) in [6, 6.07) is 12.2. The summed E-state index contributed by atoms with van der Waals surface area (Å²) in [4.78, 5) is 25.6. The second kappa shape index (κ2) is 6.38. The lowest BCUT2D eigenvalue weighted by atomic mass is 10.1. The normalized spacial score (nSPS) is 16.9. The molecule has 0 spiro atoms. The molecule has 0 aromatic heterocycles. The van der Waals surface area contributed by atoms with Crippen molar-refractivity contribution in [1.82, 2.24) is 5.32 Å². The Morgan fingerprint density at radius 1 is 1.22 bits per heavy atom. The first kappa shape index (κ1) is 15.5. The highest BCUT2D eigenvalue weighted by atomic mass is 35.5. The molecule has 0 saturated carbocycles. The van der Waals surface area contributed by atoms with Crippen LogP contribution in [0.2, 0.25) is 5.02 Å². The molecule has 1 heterocycles. The summed E-state index contributed by atoms with van der Waals surface area (Å²) in [6.45, 7) is 0.374. The second-order valence-corrected chi connectivity index (χ2v) is 5.72. The van der Waals surface area contributed by atoms with E-state index in [0.29, 0.717) is 22.8 Å². The quantitative estimate of drug-likeness (QED) is 0.875. The summed E-state index contributed by atoms with van der Waals surface area (Å²) in [5.74, 6) is -0.814. The van der Waals surface area contributed by atoms with Crippen molar-refractivity contribution in [1.29, 1.82) is 0 Å². The van der Waals surface area contributed by atoms with E-state index < -0.39 is 6.04 Å². The Labute approximate surface area is 137 Å².